The molecule has 0 radical (unpaired) electrons. The largest absolute Gasteiger partial charge is 0.506 e. The standard InChI is InChI=1S/C20H29N3O3S/c1-3-9-23-19(26)16(17(24)15-7-13-27-20(15)23)18(25)21-8-4-10-22-11-5-14(2)6-12-22/h7,13-14,24H,3-6,8-12H2,1-2H3,(H,21,25). The van der Waals surface area contributed by atoms with E-state index >= 15 is 0 Å². The predicted octanol–water partition coefficient (Wildman–Crippen LogP) is 3.03. The number of pyridine rings is 1. The Morgan fingerprint density at radius 1 is 1.33 bits per heavy atom. The zero-order chi connectivity index (χ0) is 19.4. The summed E-state index contributed by atoms with van der Waals surface area (Å²) in [4.78, 5) is 28.5. The molecule has 0 spiro atoms. The molecule has 0 saturated carbocycles. The number of hydrogen-bond donors (Lipinski definition) is 2. The van der Waals surface area contributed by atoms with Crippen molar-refractivity contribution in [3.63, 3.8) is 0 Å². The number of hydrogen-bond acceptors (Lipinski definition) is 5. The van der Waals surface area contributed by atoms with Gasteiger partial charge < -0.3 is 15.3 Å². The minimum atomic E-state index is -0.484. The lowest BCUT2D eigenvalue weighted by molar-refractivity contribution is 0.0946. The summed E-state index contributed by atoms with van der Waals surface area (Å²) < 4.78 is 1.60. The maximum atomic E-state index is 12.8. The van der Waals surface area contributed by atoms with E-state index in [0.717, 1.165) is 43.2 Å². The van der Waals surface area contributed by atoms with Gasteiger partial charge in [-0.25, -0.2) is 0 Å². The third-order valence-electron chi connectivity index (χ3n) is 5.33. The minimum Gasteiger partial charge on any atom is -0.506 e. The Bertz CT molecular complexity index is 850. The molecule has 0 bridgehead atoms. The molecule has 6 nitrogen and oxygen atoms in total. The Kier molecular flexibility index (Phi) is 6.55. The van der Waals surface area contributed by atoms with E-state index in [9.17, 15) is 14.7 Å². The number of thiophene rings is 1. The maximum absolute atomic E-state index is 12.8. The smallest absolute Gasteiger partial charge is 0.268 e. The van der Waals surface area contributed by atoms with Gasteiger partial charge >= 0.3 is 0 Å². The second-order valence-corrected chi connectivity index (χ2v) is 8.35. The van der Waals surface area contributed by atoms with E-state index < -0.39 is 11.5 Å². The minimum absolute atomic E-state index is 0.138. The van der Waals surface area contributed by atoms with Gasteiger partial charge in [-0.15, -0.1) is 11.3 Å². The number of likely N-dealkylation sites (tertiary alicyclic amines) is 1. The monoisotopic (exact) mass is 391 g/mol. The quantitative estimate of drug-likeness (QED) is 0.712. The highest BCUT2D eigenvalue weighted by Crippen LogP contribution is 2.30. The molecule has 0 aliphatic carbocycles. The normalized spacial score (nSPS) is 16.1. The molecule has 1 aliphatic rings. The molecule has 1 amide bonds. The summed E-state index contributed by atoms with van der Waals surface area (Å²) in [6.45, 7) is 8.49. The summed E-state index contributed by atoms with van der Waals surface area (Å²) in [5.74, 6) is 0.120. The molecule has 7 heteroatoms. The van der Waals surface area contributed by atoms with Crippen molar-refractivity contribution in [3.05, 3.63) is 27.4 Å². The summed E-state index contributed by atoms with van der Waals surface area (Å²) in [5.41, 5.74) is -0.548. The second-order valence-electron chi connectivity index (χ2n) is 7.45. The van der Waals surface area contributed by atoms with Crippen molar-refractivity contribution < 1.29 is 9.90 Å². The SMILES string of the molecule is CCCn1c(=O)c(C(=O)NCCCN2CCC(C)CC2)c(O)c2ccsc21. The van der Waals surface area contributed by atoms with Crippen LogP contribution in [0.25, 0.3) is 10.2 Å². The van der Waals surface area contributed by atoms with Gasteiger partial charge in [0.15, 0.2) is 0 Å². The lowest BCUT2D eigenvalue weighted by Gasteiger charge is -2.30. The molecular weight excluding hydrogens is 362 g/mol. The lowest BCUT2D eigenvalue weighted by Crippen LogP contribution is -2.37. The Hall–Kier alpha value is -1.86. The van der Waals surface area contributed by atoms with Crippen molar-refractivity contribution in [1.82, 2.24) is 14.8 Å². The van der Waals surface area contributed by atoms with E-state index in [1.165, 1.54) is 24.2 Å². The fourth-order valence-corrected chi connectivity index (χ4v) is 4.59. The van der Waals surface area contributed by atoms with Crippen LogP contribution in [0.4, 0.5) is 0 Å². The van der Waals surface area contributed by atoms with Crippen LogP contribution in [0.2, 0.25) is 0 Å². The number of aromatic hydroxyl groups is 1. The van der Waals surface area contributed by atoms with Crippen LogP contribution in [0.15, 0.2) is 16.2 Å². The predicted molar refractivity (Wildman–Crippen MR) is 110 cm³/mol. The van der Waals surface area contributed by atoms with Crippen LogP contribution in [0.5, 0.6) is 5.75 Å². The molecular formula is C20H29N3O3S. The summed E-state index contributed by atoms with van der Waals surface area (Å²) in [6.07, 6.45) is 4.09. The van der Waals surface area contributed by atoms with Crippen molar-refractivity contribution in [2.24, 2.45) is 5.92 Å². The number of aryl methyl sites for hydroxylation is 1. The number of nitrogens with one attached hydrogen (secondary N) is 1. The molecule has 2 aromatic heterocycles. The van der Waals surface area contributed by atoms with Crippen LogP contribution >= 0.6 is 11.3 Å². The van der Waals surface area contributed by atoms with E-state index in [4.69, 9.17) is 0 Å². The van der Waals surface area contributed by atoms with Crippen LogP contribution in [0, 0.1) is 5.92 Å². The van der Waals surface area contributed by atoms with Gasteiger partial charge in [-0.2, -0.15) is 0 Å². The van der Waals surface area contributed by atoms with Gasteiger partial charge in [-0.3, -0.25) is 14.2 Å². The molecule has 0 aromatic carbocycles. The molecule has 27 heavy (non-hydrogen) atoms. The fraction of sp³-hybridized carbons (Fsp3) is 0.600. The average Bonchev–Trinajstić information content (AvgIpc) is 3.14. The van der Waals surface area contributed by atoms with Gasteiger partial charge in [0.2, 0.25) is 0 Å². The Labute approximate surface area is 163 Å². The van der Waals surface area contributed by atoms with Crippen LogP contribution in [-0.2, 0) is 6.54 Å². The topological polar surface area (TPSA) is 74.6 Å². The molecule has 2 aromatic rings. The molecule has 1 aliphatic heterocycles. The summed E-state index contributed by atoms with van der Waals surface area (Å²) in [5, 5.41) is 15.7. The third-order valence-corrected chi connectivity index (χ3v) is 6.26. The average molecular weight is 392 g/mol. The molecule has 1 fully saturated rings. The maximum Gasteiger partial charge on any atom is 0.268 e. The highest BCUT2D eigenvalue weighted by atomic mass is 32.1. The van der Waals surface area contributed by atoms with Crippen LogP contribution < -0.4 is 10.9 Å². The molecule has 148 valence electrons. The first kappa shape index (κ1) is 19.9. The summed E-state index contributed by atoms with van der Waals surface area (Å²) in [7, 11) is 0. The number of amides is 1. The van der Waals surface area contributed by atoms with Crippen LogP contribution in [0.3, 0.4) is 0 Å². The molecule has 3 rings (SSSR count). The van der Waals surface area contributed by atoms with Crippen molar-refractivity contribution in [1.29, 1.82) is 0 Å². The zero-order valence-electron chi connectivity index (χ0n) is 16.2. The van der Waals surface area contributed by atoms with Crippen LogP contribution in [0.1, 0.15) is 49.9 Å². The van der Waals surface area contributed by atoms with Crippen molar-refractivity contribution >= 4 is 27.5 Å². The zero-order valence-corrected chi connectivity index (χ0v) is 17.0. The van der Waals surface area contributed by atoms with Crippen LogP contribution in [-0.4, -0.2) is 46.7 Å². The van der Waals surface area contributed by atoms with Gasteiger partial charge in [-0.05, 0) is 62.7 Å². The molecule has 2 N–H and O–H groups in total. The first-order valence-electron chi connectivity index (χ1n) is 9.86. The summed E-state index contributed by atoms with van der Waals surface area (Å²) in [6, 6.07) is 1.76. The fourth-order valence-electron chi connectivity index (χ4n) is 3.66. The Balaban J connectivity index is 1.66. The number of nitrogens with zero attached hydrogens (tertiary/aromatic N) is 2. The van der Waals surface area contributed by atoms with Gasteiger partial charge in [-0.1, -0.05) is 13.8 Å². The molecule has 0 atom stereocenters. The number of carbonyl (C=O) groups is 1. The number of aromatic nitrogens is 1. The third kappa shape index (κ3) is 4.35. The highest BCUT2D eigenvalue weighted by Gasteiger charge is 2.22. The summed E-state index contributed by atoms with van der Waals surface area (Å²) >= 11 is 1.41. The van der Waals surface area contributed by atoms with Gasteiger partial charge in [0, 0.05) is 13.1 Å². The number of piperidine rings is 1. The van der Waals surface area contributed by atoms with Gasteiger partial charge in [0.25, 0.3) is 11.5 Å². The first-order valence-corrected chi connectivity index (χ1v) is 10.7. The number of fused-ring (bicyclic) bond motifs is 1. The van der Waals surface area contributed by atoms with Crippen molar-refractivity contribution in [2.45, 2.75) is 46.1 Å². The first-order chi connectivity index (χ1) is 13.0. The van der Waals surface area contributed by atoms with E-state index in [0.29, 0.717) is 18.5 Å². The molecule has 0 unspecified atom stereocenters. The van der Waals surface area contributed by atoms with Gasteiger partial charge in [0.1, 0.15) is 16.1 Å². The Morgan fingerprint density at radius 3 is 2.78 bits per heavy atom. The molecule has 1 saturated heterocycles. The van der Waals surface area contributed by atoms with Crippen molar-refractivity contribution in [2.75, 3.05) is 26.2 Å². The van der Waals surface area contributed by atoms with E-state index in [1.807, 2.05) is 12.3 Å². The van der Waals surface area contributed by atoms with E-state index in [2.05, 4.69) is 17.1 Å². The number of carbonyl (C=O) groups excluding carboxylic acids is 1. The van der Waals surface area contributed by atoms with Crippen molar-refractivity contribution in [3.8, 4) is 5.75 Å². The molecule has 3 heterocycles. The number of rotatable bonds is 7. The second kappa shape index (κ2) is 8.89. The highest BCUT2D eigenvalue weighted by molar-refractivity contribution is 7.16. The Morgan fingerprint density at radius 2 is 2.07 bits per heavy atom. The lowest BCUT2D eigenvalue weighted by atomic mass is 9.99. The van der Waals surface area contributed by atoms with E-state index in [1.54, 1.807) is 10.6 Å². The van der Waals surface area contributed by atoms with E-state index in [-0.39, 0.29) is 11.3 Å². The van der Waals surface area contributed by atoms with Gasteiger partial charge in [0.05, 0.1) is 5.39 Å².